The third kappa shape index (κ3) is 5.71. The standard InChI is InChI=1S/C23H25N3O5S2/c1-16-7-10-19(11-8-16)33(28,29)26(20-14-18(30-3)9-12-21(20)31-4)15-23(27)25-24-17(2)22-6-5-13-32-22/h5-14H,15H2,1-4H3,(H,25,27)/b24-17-. The number of carbonyl (C=O) groups is 1. The number of amides is 1. The number of aryl methyl sites for hydroxylation is 1. The predicted molar refractivity (Wildman–Crippen MR) is 130 cm³/mol. The van der Waals surface area contributed by atoms with Crippen LogP contribution in [0.15, 0.2) is 70.0 Å². The topological polar surface area (TPSA) is 97.3 Å². The van der Waals surface area contributed by atoms with Gasteiger partial charge in [-0.1, -0.05) is 23.8 Å². The lowest BCUT2D eigenvalue weighted by Crippen LogP contribution is -2.40. The zero-order valence-electron chi connectivity index (χ0n) is 18.7. The summed E-state index contributed by atoms with van der Waals surface area (Å²) in [5, 5.41) is 6.01. The summed E-state index contributed by atoms with van der Waals surface area (Å²) in [6.45, 7) is 3.11. The van der Waals surface area contributed by atoms with Crippen LogP contribution in [0, 0.1) is 6.92 Å². The van der Waals surface area contributed by atoms with Gasteiger partial charge >= 0.3 is 0 Å². The molecule has 0 bridgehead atoms. The maximum Gasteiger partial charge on any atom is 0.264 e. The van der Waals surface area contributed by atoms with Crippen molar-refractivity contribution in [2.75, 3.05) is 25.1 Å². The Kier molecular flexibility index (Phi) is 7.72. The number of ether oxygens (including phenoxy) is 2. The molecular weight excluding hydrogens is 462 g/mol. The lowest BCUT2D eigenvalue weighted by atomic mass is 10.2. The fourth-order valence-electron chi connectivity index (χ4n) is 2.98. The molecule has 2 aromatic carbocycles. The number of hydrogen-bond acceptors (Lipinski definition) is 7. The number of benzene rings is 2. The molecule has 10 heteroatoms. The van der Waals surface area contributed by atoms with Gasteiger partial charge in [-0.25, -0.2) is 13.8 Å². The van der Waals surface area contributed by atoms with Crippen LogP contribution in [0.4, 0.5) is 5.69 Å². The predicted octanol–water partition coefficient (Wildman–Crippen LogP) is 3.81. The van der Waals surface area contributed by atoms with E-state index in [2.05, 4.69) is 10.5 Å². The SMILES string of the molecule is COc1ccc(OC)c(N(CC(=O)N/N=C(/C)c2cccs2)S(=O)(=O)c2ccc(C)cc2)c1. The van der Waals surface area contributed by atoms with Crippen LogP contribution in [-0.2, 0) is 14.8 Å². The molecule has 174 valence electrons. The quantitative estimate of drug-likeness (QED) is 0.366. The zero-order valence-corrected chi connectivity index (χ0v) is 20.4. The van der Waals surface area contributed by atoms with Gasteiger partial charge in [-0.3, -0.25) is 9.10 Å². The van der Waals surface area contributed by atoms with E-state index in [0.717, 1.165) is 14.7 Å². The zero-order chi connectivity index (χ0) is 24.0. The lowest BCUT2D eigenvalue weighted by molar-refractivity contribution is -0.119. The van der Waals surface area contributed by atoms with Crippen LogP contribution >= 0.6 is 11.3 Å². The monoisotopic (exact) mass is 487 g/mol. The highest BCUT2D eigenvalue weighted by molar-refractivity contribution is 7.92. The van der Waals surface area contributed by atoms with Crippen molar-refractivity contribution in [2.45, 2.75) is 18.7 Å². The molecule has 3 rings (SSSR count). The number of anilines is 1. The van der Waals surface area contributed by atoms with E-state index in [-0.39, 0.29) is 16.3 Å². The molecule has 0 aliphatic carbocycles. The maximum atomic E-state index is 13.6. The Labute approximate surface area is 197 Å². The Morgan fingerprint density at radius 1 is 1.09 bits per heavy atom. The van der Waals surface area contributed by atoms with Gasteiger partial charge < -0.3 is 9.47 Å². The number of sulfonamides is 1. The summed E-state index contributed by atoms with van der Waals surface area (Å²) in [5.74, 6) is 0.0888. The third-order valence-electron chi connectivity index (χ3n) is 4.78. The summed E-state index contributed by atoms with van der Waals surface area (Å²) in [6, 6.07) is 14.9. The van der Waals surface area contributed by atoms with E-state index in [1.54, 1.807) is 31.2 Å². The first-order valence-corrected chi connectivity index (χ1v) is 12.3. The van der Waals surface area contributed by atoms with Gasteiger partial charge in [0, 0.05) is 10.9 Å². The Morgan fingerprint density at radius 2 is 1.82 bits per heavy atom. The van der Waals surface area contributed by atoms with Crippen molar-refractivity contribution in [1.29, 1.82) is 0 Å². The van der Waals surface area contributed by atoms with Crippen molar-refractivity contribution in [2.24, 2.45) is 5.10 Å². The van der Waals surface area contributed by atoms with E-state index in [4.69, 9.17) is 9.47 Å². The number of thiophene rings is 1. The van der Waals surface area contributed by atoms with E-state index in [0.29, 0.717) is 11.5 Å². The van der Waals surface area contributed by atoms with Crippen molar-refractivity contribution >= 4 is 38.7 Å². The summed E-state index contributed by atoms with van der Waals surface area (Å²) in [5.41, 5.74) is 4.15. The molecule has 0 saturated carbocycles. The Hall–Kier alpha value is -3.37. The first-order chi connectivity index (χ1) is 15.8. The summed E-state index contributed by atoms with van der Waals surface area (Å²) in [6.07, 6.45) is 0. The molecule has 0 saturated heterocycles. The molecule has 0 fully saturated rings. The number of hydrogen-bond donors (Lipinski definition) is 1. The lowest BCUT2D eigenvalue weighted by Gasteiger charge is -2.25. The van der Waals surface area contributed by atoms with Crippen LogP contribution < -0.4 is 19.2 Å². The molecule has 0 atom stereocenters. The fourth-order valence-corrected chi connectivity index (χ4v) is 5.08. The van der Waals surface area contributed by atoms with E-state index >= 15 is 0 Å². The van der Waals surface area contributed by atoms with Crippen LogP contribution in [0.25, 0.3) is 0 Å². The molecule has 1 N–H and O–H groups in total. The molecule has 0 spiro atoms. The fraction of sp³-hybridized carbons (Fsp3) is 0.217. The van der Waals surface area contributed by atoms with Gasteiger partial charge in [0.1, 0.15) is 18.0 Å². The average Bonchev–Trinajstić information content (AvgIpc) is 3.36. The number of nitrogens with one attached hydrogen (secondary N) is 1. The minimum absolute atomic E-state index is 0.0454. The molecule has 0 aliphatic heterocycles. The highest BCUT2D eigenvalue weighted by atomic mass is 32.2. The van der Waals surface area contributed by atoms with Crippen molar-refractivity contribution in [3.63, 3.8) is 0 Å². The van der Waals surface area contributed by atoms with Crippen LogP contribution in [0.1, 0.15) is 17.4 Å². The van der Waals surface area contributed by atoms with E-state index in [1.807, 2.05) is 24.4 Å². The van der Waals surface area contributed by atoms with Gasteiger partial charge in [0.05, 0.1) is 30.5 Å². The van der Waals surface area contributed by atoms with Gasteiger partial charge in [0.2, 0.25) is 0 Å². The number of methoxy groups -OCH3 is 2. The van der Waals surface area contributed by atoms with E-state index in [9.17, 15) is 13.2 Å². The Morgan fingerprint density at radius 3 is 2.42 bits per heavy atom. The molecule has 0 unspecified atom stereocenters. The minimum atomic E-state index is -4.11. The molecule has 3 aromatic rings. The van der Waals surface area contributed by atoms with Crippen LogP contribution in [-0.4, -0.2) is 40.8 Å². The minimum Gasteiger partial charge on any atom is -0.497 e. The second kappa shape index (κ2) is 10.5. The second-order valence-corrected chi connectivity index (χ2v) is 9.88. The average molecular weight is 488 g/mol. The van der Waals surface area contributed by atoms with Crippen LogP contribution in [0.5, 0.6) is 11.5 Å². The molecule has 1 aromatic heterocycles. The van der Waals surface area contributed by atoms with Crippen LogP contribution in [0.3, 0.4) is 0 Å². The molecule has 1 amide bonds. The van der Waals surface area contributed by atoms with Gasteiger partial charge in [0.15, 0.2) is 0 Å². The maximum absolute atomic E-state index is 13.6. The molecular formula is C23H25N3O5S2. The summed E-state index contributed by atoms with van der Waals surface area (Å²) >= 11 is 1.49. The number of nitrogens with zero attached hydrogens (tertiary/aromatic N) is 2. The van der Waals surface area contributed by atoms with Gasteiger partial charge in [-0.05, 0) is 49.6 Å². The molecule has 0 radical (unpaired) electrons. The normalized spacial score (nSPS) is 11.7. The molecule has 0 aliphatic rings. The van der Waals surface area contributed by atoms with Crippen LogP contribution in [0.2, 0.25) is 0 Å². The van der Waals surface area contributed by atoms with E-state index in [1.165, 1.54) is 43.8 Å². The van der Waals surface area contributed by atoms with Gasteiger partial charge in [0.25, 0.3) is 15.9 Å². The largest absolute Gasteiger partial charge is 0.497 e. The Balaban J connectivity index is 2.00. The number of carbonyl (C=O) groups excluding carboxylic acids is 1. The van der Waals surface area contributed by atoms with Gasteiger partial charge in [-0.2, -0.15) is 5.10 Å². The highest BCUT2D eigenvalue weighted by Gasteiger charge is 2.30. The Bertz CT molecular complexity index is 1240. The van der Waals surface area contributed by atoms with E-state index < -0.39 is 22.5 Å². The van der Waals surface area contributed by atoms with Gasteiger partial charge in [-0.15, -0.1) is 11.3 Å². The smallest absolute Gasteiger partial charge is 0.264 e. The number of rotatable bonds is 9. The van der Waals surface area contributed by atoms with Crippen molar-refractivity contribution in [1.82, 2.24) is 5.43 Å². The third-order valence-corrected chi connectivity index (χ3v) is 7.53. The summed E-state index contributed by atoms with van der Waals surface area (Å²) < 4.78 is 38.8. The number of hydrazone groups is 1. The molecule has 8 nitrogen and oxygen atoms in total. The first-order valence-electron chi connectivity index (χ1n) is 9.94. The summed E-state index contributed by atoms with van der Waals surface area (Å²) in [7, 11) is -1.22. The first kappa shape index (κ1) is 24.3. The van der Waals surface area contributed by atoms with Crippen molar-refractivity contribution in [3.8, 4) is 11.5 Å². The second-order valence-electron chi connectivity index (χ2n) is 7.07. The molecule has 1 heterocycles. The molecule has 33 heavy (non-hydrogen) atoms. The van der Waals surface area contributed by atoms with Crippen molar-refractivity contribution in [3.05, 3.63) is 70.4 Å². The highest BCUT2D eigenvalue weighted by Crippen LogP contribution is 2.35. The van der Waals surface area contributed by atoms with Crippen molar-refractivity contribution < 1.29 is 22.7 Å². The summed E-state index contributed by atoms with van der Waals surface area (Å²) in [4.78, 5) is 13.7.